The van der Waals surface area contributed by atoms with Gasteiger partial charge in [0.15, 0.2) is 0 Å². The standard InChI is InChI=1S/C24H25FN4O2S/c1-16-19-13-22(32-24(19)29(27-16)15-17-6-8-18(25)9-7-17)23(30)26-14-20(21-5-4-12-31-21)28-10-2-3-11-28/h4-9,12-13,20H,2-3,10-11,14-15H2,1H3,(H,26,30)/t20-/m1/s1. The number of carbonyl (C=O) groups is 1. The quantitative estimate of drug-likeness (QED) is 0.439. The summed E-state index contributed by atoms with van der Waals surface area (Å²) in [5, 5.41) is 8.70. The van der Waals surface area contributed by atoms with Gasteiger partial charge in [-0.05, 0) is 68.8 Å². The first-order valence-electron chi connectivity index (χ1n) is 10.9. The number of nitrogens with zero attached hydrogens (tertiary/aromatic N) is 3. The van der Waals surface area contributed by atoms with E-state index in [0.29, 0.717) is 18.0 Å². The van der Waals surface area contributed by atoms with Gasteiger partial charge in [-0.2, -0.15) is 5.10 Å². The molecule has 1 aliphatic heterocycles. The lowest BCUT2D eigenvalue weighted by Crippen LogP contribution is -2.36. The van der Waals surface area contributed by atoms with Crippen molar-refractivity contribution in [3.63, 3.8) is 0 Å². The Morgan fingerprint density at radius 1 is 1.25 bits per heavy atom. The van der Waals surface area contributed by atoms with Crippen LogP contribution in [-0.4, -0.2) is 40.2 Å². The number of furan rings is 1. The summed E-state index contributed by atoms with van der Waals surface area (Å²) in [5.41, 5.74) is 1.84. The first kappa shape index (κ1) is 20.9. The molecule has 1 aliphatic rings. The summed E-state index contributed by atoms with van der Waals surface area (Å²) in [6.45, 7) is 5.01. The highest BCUT2D eigenvalue weighted by atomic mass is 32.1. The van der Waals surface area contributed by atoms with E-state index in [1.807, 2.05) is 29.8 Å². The molecule has 1 fully saturated rings. The monoisotopic (exact) mass is 452 g/mol. The fraction of sp³-hybridized carbons (Fsp3) is 0.333. The molecule has 3 aromatic heterocycles. The minimum atomic E-state index is -0.257. The third-order valence-electron chi connectivity index (χ3n) is 5.99. The first-order valence-corrected chi connectivity index (χ1v) is 11.7. The van der Waals surface area contributed by atoms with Crippen LogP contribution in [-0.2, 0) is 6.54 Å². The average molecular weight is 453 g/mol. The first-order chi connectivity index (χ1) is 15.6. The minimum absolute atomic E-state index is 0.0431. The zero-order valence-corrected chi connectivity index (χ0v) is 18.7. The Kier molecular flexibility index (Phi) is 5.80. The highest BCUT2D eigenvalue weighted by Gasteiger charge is 2.26. The van der Waals surface area contributed by atoms with Crippen LogP contribution in [0.2, 0.25) is 0 Å². The largest absolute Gasteiger partial charge is 0.468 e. The van der Waals surface area contributed by atoms with E-state index in [4.69, 9.17) is 4.42 Å². The van der Waals surface area contributed by atoms with E-state index < -0.39 is 0 Å². The third kappa shape index (κ3) is 4.20. The fourth-order valence-corrected chi connectivity index (χ4v) is 5.39. The second-order valence-corrected chi connectivity index (χ2v) is 9.21. The molecule has 32 heavy (non-hydrogen) atoms. The molecule has 0 unspecified atom stereocenters. The van der Waals surface area contributed by atoms with Gasteiger partial charge in [0.05, 0.1) is 29.4 Å². The van der Waals surface area contributed by atoms with Crippen LogP contribution < -0.4 is 5.32 Å². The SMILES string of the molecule is Cc1nn(Cc2ccc(F)cc2)c2sc(C(=O)NC[C@H](c3ccco3)N3CCCC3)cc12. The Labute approximate surface area is 189 Å². The van der Waals surface area contributed by atoms with Crippen molar-refractivity contribution in [3.05, 3.63) is 76.4 Å². The van der Waals surface area contributed by atoms with Crippen molar-refractivity contribution >= 4 is 27.5 Å². The highest BCUT2D eigenvalue weighted by Crippen LogP contribution is 2.30. The molecule has 4 heterocycles. The molecule has 1 amide bonds. The molecule has 1 N–H and O–H groups in total. The Hall–Kier alpha value is -2.97. The molecular formula is C24H25FN4O2S. The van der Waals surface area contributed by atoms with Gasteiger partial charge in [-0.25, -0.2) is 4.39 Å². The lowest BCUT2D eigenvalue weighted by Gasteiger charge is -2.25. The van der Waals surface area contributed by atoms with Gasteiger partial charge in [0, 0.05) is 11.9 Å². The number of fused-ring (bicyclic) bond motifs is 1. The van der Waals surface area contributed by atoms with Gasteiger partial charge >= 0.3 is 0 Å². The van der Waals surface area contributed by atoms with Crippen LogP contribution in [0.15, 0.2) is 53.1 Å². The number of benzene rings is 1. The van der Waals surface area contributed by atoms with E-state index in [0.717, 1.165) is 40.3 Å². The van der Waals surface area contributed by atoms with Crippen molar-refractivity contribution in [2.45, 2.75) is 32.4 Å². The van der Waals surface area contributed by atoms with Gasteiger partial charge in [0.1, 0.15) is 16.4 Å². The van der Waals surface area contributed by atoms with Gasteiger partial charge in [-0.1, -0.05) is 12.1 Å². The van der Waals surface area contributed by atoms with Gasteiger partial charge in [0.2, 0.25) is 0 Å². The summed E-state index contributed by atoms with van der Waals surface area (Å²) < 4.78 is 20.8. The number of aryl methyl sites for hydroxylation is 1. The Bertz CT molecular complexity index is 1210. The predicted octanol–water partition coefficient (Wildman–Crippen LogP) is 4.75. The predicted molar refractivity (Wildman–Crippen MR) is 122 cm³/mol. The number of thiophene rings is 1. The van der Waals surface area contributed by atoms with Crippen LogP contribution in [0.4, 0.5) is 4.39 Å². The van der Waals surface area contributed by atoms with Crippen LogP contribution in [0.25, 0.3) is 10.2 Å². The van der Waals surface area contributed by atoms with Crippen molar-refractivity contribution in [1.82, 2.24) is 20.0 Å². The van der Waals surface area contributed by atoms with Gasteiger partial charge in [-0.15, -0.1) is 11.3 Å². The van der Waals surface area contributed by atoms with Crippen molar-refractivity contribution in [2.24, 2.45) is 0 Å². The maximum Gasteiger partial charge on any atom is 0.261 e. The van der Waals surface area contributed by atoms with Crippen molar-refractivity contribution < 1.29 is 13.6 Å². The Morgan fingerprint density at radius 3 is 2.75 bits per heavy atom. The van der Waals surface area contributed by atoms with Crippen LogP contribution in [0.5, 0.6) is 0 Å². The topological polar surface area (TPSA) is 63.3 Å². The number of hydrogen-bond acceptors (Lipinski definition) is 5. The normalized spacial score (nSPS) is 15.4. The maximum atomic E-state index is 13.2. The van der Waals surface area contributed by atoms with Gasteiger partial charge in [0.25, 0.3) is 5.91 Å². The van der Waals surface area contributed by atoms with Crippen molar-refractivity contribution in [1.29, 1.82) is 0 Å². The lowest BCUT2D eigenvalue weighted by molar-refractivity contribution is 0.0938. The number of rotatable bonds is 7. The van der Waals surface area contributed by atoms with E-state index in [2.05, 4.69) is 15.3 Å². The molecule has 4 aromatic rings. The van der Waals surface area contributed by atoms with E-state index >= 15 is 0 Å². The summed E-state index contributed by atoms with van der Waals surface area (Å²) in [4.78, 5) is 17.0. The second kappa shape index (κ2) is 8.88. The molecule has 1 saturated heterocycles. The molecule has 5 rings (SSSR count). The molecule has 6 nitrogen and oxygen atoms in total. The summed E-state index contributed by atoms with van der Waals surface area (Å²) in [5.74, 6) is 0.538. The smallest absolute Gasteiger partial charge is 0.261 e. The summed E-state index contributed by atoms with van der Waals surface area (Å²) in [6.07, 6.45) is 4.03. The van der Waals surface area contributed by atoms with Crippen LogP contribution in [0.3, 0.4) is 0 Å². The molecule has 8 heteroatoms. The lowest BCUT2D eigenvalue weighted by atomic mass is 10.2. The highest BCUT2D eigenvalue weighted by molar-refractivity contribution is 7.20. The molecule has 0 bridgehead atoms. The molecular weight excluding hydrogens is 427 g/mol. The molecule has 0 saturated carbocycles. The van der Waals surface area contributed by atoms with Gasteiger partial charge in [-0.3, -0.25) is 14.4 Å². The number of aromatic nitrogens is 2. The van der Waals surface area contributed by atoms with Crippen molar-refractivity contribution in [3.8, 4) is 0 Å². The van der Waals surface area contributed by atoms with Crippen molar-refractivity contribution in [2.75, 3.05) is 19.6 Å². The zero-order valence-electron chi connectivity index (χ0n) is 17.9. The molecule has 1 atom stereocenters. The zero-order chi connectivity index (χ0) is 22.1. The van der Waals surface area contributed by atoms with Crippen LogP contribution >= 0.6 is 11.3 Å². The molecule has 1 aromatic carbocycles. The number of likely N-dealkylation sites (tertiary alicyclic amines) is 1. The van der Waals surface area contributed by atoms with E-state index in [1.165, 1.54) is 36.3 Å². The summed E-state index contributed by atoms with van der Waals surface area (Å²) in [7, 11) is 0. The number of halogens is 1. The summed E-state index contributed by atoms with van der Waals surface area (Å²) in [6, 6.07) is 12.2. The number of amides is 1. The van der Waals surface area contributed by atoms with E-state index in [-0.39, 0.29) is 17.8 Å². The number of hydrogen-bond donors (Lipinski definition) is 1. The molecule has 0 aliphatic carbocycles. The minimum Gasteiger partial charge on any atom is -0.468 e. The fourth-order valence-electron chi connectivity index (χ4n) is 4.31. The average Bonchev–Trinajstić information content (AvgIpc) is 3.58. The van der Waals surface area contributed by atoms with Gasteiger partial charge < -0.3 is 9.73 Å². The van der Waals surface area contributed by atoms with E-state index in [9.17, 15) is 9.18 Å². The number of carbonyl (C=O) groups excluding carboxylic acids is 1. The Balaban J connectivity index is 1.32. The van der Waals surface area contributed by atoms with E-state index in [1.54, 1.807) is 18.4 Å². The Morgan fingerprint density at radius 2 is 2.03 bits per heavy atom. The summed E-state index contributed by atoms with van der Waals surface area (Å²) >= 11 is 1.43. The van der Waals surface area contributed by atoms with Crippen LogP contribution in [0.1, 0.15) is 45.6 Å². The third-order valence-corrected chi connectivity index (χ3v) is 7.13. The molecule has 166 valence electrons. The van der Waals surface area contributed by atoms with Crippen LogP contribution in [0, 0.1) is 12.7 Å². The number of nitrogens with one attached hydrogen (secondary N) is 1. The molecule has 0 radical (unpaired) electrons. The maximum absolute atomic E-state index is 13.2. The molecule has 0 spiro atoms. The second-order valence-electron chi connectivity index (χ2n) is 8.18.